The number of aromatic nitrogens is 1. The van der Waals surface area contributed by atoms with Crippen LogP contribution in [0.4, 0.5) is 5.82 Å². The van der Waals surface area contributed by atoms with E-state index in [9.17, 15) is 5.11 Å². The zero-order valence-corrected chi connectivity index (χ0v) is 10.2. The van der Waals surface area contributed by atoms with E-state index < -0.39 is 0 Å². The molecule has 0 aliphatic heterocycles. The first-order valence-corrected chi connectivity index (χ1v) is 6.32. The van der Waals surface area contributed by atoms with Crippen molar-refractivity contribution in [3.05, 3.63) is 53.2 Å². The summed E-state index contributed by atoms with van der Waals surface area (Å²) in [5.74, 6) is 1.23. The number of fused-ring (bicyclic) bond motifs is 1. The van der Waals surface area contributed by atoms with Crippen molar-refractivity contribution in [2.45, 2.75) is 25.8 Å². The van der Waals surface area contributed by atoms with Gasteiger partial charge in [-0.25, -0.2) is 4.98 Å². The molecule has 1 aliphatic carbocycles. The molecule has 3 nitrogen and oxygen atoms in total. The van der Waals surface area contributed by atoms with Gasteiger partial charge in [-0.2, -0.15) is 0 Å². The van der Waals surface area contributed by atoms with Gasteiger partial charge >= 0.3 is 0 Å². The quantitative estimate of drug-likeness (QED) is 0.867. The van der Waals surface area contributed by atoms with Crippen LogP contribution >= 0.6 is 0 Å². The maximum absolute atomic E-state index is 9.21. The van der Waals surface area contributed by atoms with Crippen molar-refractivity contribution in [2.24, 2.45) is 0 Å². The Labute approximate surface area is 107 Å². The maximum Gasteiger partial charge on any atom is 0.126 e. The van der Waals surface area contributed by atoms with Crippen LogP contribution in [0.1, 0.15) is 23.2 Å². The van der Waals surface area contributed by atoms with Crippen molar-refractivity contribution in [3.8, 4) is 5.75 Å². The molecule has 0 radical (unpaired) electrons. The monoisotopic (exact) mass is 240 g/mol. The first-order chi connectivity index (χ1) is 8.81. The molecule has 3 rings (SSSR count). The molecule has 0 fully saturated rings. The molecule has 3 heteroatoms. The van der Waals surface area contributed by atoms with Crippen LogP contribution in [0, 0.1) is 0 Å². The highest BCUT2D eigenvalue weighted by Crippen LogP contribution is 2.21. The van der Waals surface area contributed by atoms with Crippen LogP contribution in [-0.4, -0.2) is 10.1 Å². The van der Waals surface area contributed by atoms with E-state index in [-0.39, 0.29) is 0 Å². The van der Waals surface area contributed by atoms with E-state index in [1.807, 2.05) is 18.2 Å². The first kappa shape index (κ1) is 11.1. The van der Waals surface area contributed by atoms with Crippen LogP contribution in [0.3, 0.4) is 0 Å². The summed E-state index contributed by atoms with van der Waals surface area (Å²) in [4.78, 5) is 4.63. The van der Waals surface area contributed by atoms with Gasteiger partial charge < -0.3 is 10.4 Å². The Bertz CT molecular complexity index is 549. The van der Waals surface area contributed by atoms with Gasteiger partial charge in [-0.15, -0.1) is 0 Å². The molecule has 0 atom stereocenters. The van der Waals surface area contributed by atoms with Crippen LogP contribution in [-0.2, 0) is 19.4 Å². The third-order valence-electron chi connectivity index (χ3n) is 3.34. The number of phenolic OH excluding ortho intramolecular Hbond substituents is 1. The van der Waals surface area contributed by atoms with Gasteiger partial charge in [-0.05, 0) is 48.6 Å². The van der Waals surface area contributed by atoms with Crippen molar-refractivity contribution in [2.75, 3.05) is 5.32 Å². The number of nitrogens with zero attached hydrogens (tertiary/aromatic N) is 1. The van der Waals surface area contributed by atoms with E-state index in [1.54, 1.807) is 12.1 Å². The second-order valence-corrected chi connectivity index (χ2v) is 4.68. The summed E-state index contributed by atoms with van der Waals surface area (Å²) >= 11 is 0. The maximum atomic E-state index is 9.21. The van der Waals surface area contributed by atoms with E-state index in [0.29, 0.717) is 5.75 Å². The first-order valence-electron chi connectivity index (χ1n) is 6.32. The predicted octanol–water partition coefficient (Wildman–Crippen LogP) is 2.89. The van der Waals surface area contributed by atoms with Crippen molar-refractivity contribution in [3.63, 3.8) is 0 Å². The minimum absolute atomic E-state index is 0.300. The summed E-state index contributed by atoms with van der Waals surface area (Å²) < 4.78 is 0. The van der Waals surface area contributed by atoms with E-state index in [2.05, 4.69) is 16.4 Å². The normalized spacial score (nSPS) is 13.3. The van der Waals surface area contributed by atoms with Crippen LogP contribution in [0.15, 0.2) is 36.4 Å². The molecule has 1 aromatic carbocycles. The van der Waals surface area contributed by atoms with Crippen LogP contribution in [0.25, 0.3) is 0 Å². The van der Waals surface area contributed by atoms with Gasteiger partial charge in [-0.1, -0.05) is 18.2 Å². The van der Waals surface area contributed by atoms with E-state index in [1.165, 1.54) is 24.1 Å². The summed E-state index contributed by atoms with van der Waals surface area (Å²) in [6, 6.07) is 11.4. The highest BCUT2D eigenvalue weighted by molar-refractivity contribution is 5.41. The zero-order chi connectivity index (χ0) is 12.4. The van der Waals surface area contributed by atoms with E-state index in [4.69, 9.17) is 0 Å². The topological polar surface area (TPSA) is 45.1 Å². The van der Waals surface area contributed by atoms with Gasteiger partial charge in [0.25, 0.3) is 0 Å². The average molecular weight is 240 g/mol. The predicted molar refractivity (Wildman–Crippen MR) is 71.7 cm³/mol. The molecule has 0 amide bonds. The molecular weight excluding hydrogens is 224 g/mol. The van der Waals surface area contributed by atoms with Gasteiger partial charge in [0.15, 0.2) is 0 Å². The van der Waals surface area contributed by atoms with Gasteiger partial charge in [-0.3, -0.25) is 0 Å². The molecule has 1 heterocycles. The molecule has 0 saturated heterocycles. The van der Waals surface area contributed by atoms with Crippen molar-refractivity contribution in [1.82, 2.24) is 4.98 Å². The molecule has 1 aliphatic rings. The number of aromatic hydroxyl groups is 1. The molecule has 0 bridgehead atoms. The fourth-order valence-electron chi connectivity index (χ4n) is 2.33. The largest absolute Gasteiger partial charge is 0.508 e. The number of aryl methyl sites for hydroxylation is 2. The summed E-state index contributed by atoms with van der Waals surface area (Å²) in [6.07, 6.45) is 3.49. The Kier molecular flexibility index (Phi) is 2.89. The van der Waals surface area contributed by atoms with Gasteiger partial charge in [0.05, 0.1) is 0 Å². The van der Waals surface area contributed by atoms with Crippen LogP contribution in [0.2, 0.25) is 0 Å². The molecule has 18 heavy (non-hydrogen) atoms. The number of rotatable bonds is 3. The molecular formula is C15H16N2O. The standard InChI is InChI=1S/C15H16N2O/c18-13-7-4-11(5-8-13)10-16-15-9-6-12-2-1-3-14(12)17-15/h4-9,18H,1-3,10H2,(H,16,17). The number of hydrogen-bond acceptors (Lipinski definition) is 3. The van der Waals surface area contributed by atoms with E-state index in [0.717, 1.165) is 24.3 Å². The van der Waals surface area contributed by atoms with Gasteiger partial charge in [0.1, 0.15) is 11.6 Å². The van der Waals surface area contributed by atoms with Crippen molar-refractivity contribution < 1.29 is 5.11 Å². The number of benzene rings is 1. The Hall–Kier alpha value is -2.03. The summed E-state index contributed by atoms with van der Waals surface area (Å²) in [6.45, 7) is 0.728. The Balaban J connectivity index is 1.68. The van der Waals surface area contributed by atoms with Gasteiger partial charge in [0, 0.05) is 12.2 Å². The Morgan fingerprint density at radius 1 is 1.06 bits per heavy atom. The summed E-state index contributed by atoms with van der Waals surface area (Å²) in [7, 11) is 0. The minimum atomic E-state index is 0.300. The number of hydrogen-bond donors (Lipinski definition) is 2. The Morgan fingerprint density at radius 3 is 2.72 bits per heavy atom. The number of phenols is 1. The zero-order valence-electron chi connectivity index (χ0n) is 10.2. The number of pyridine rings is 1. The van der Waals surface area contributed by atoms with Crippen LogP contribution < -0.4 is 5.32 Å². The highest BCUT2D eigenvalue weighted by atomic mass is 16.3. The number of nitrogens with one attached hydrogen (secondary N) is 1. The minimum Gasteiger partial charge on any atom is -0.508 e. The average Bonchev–Trinajstić information content (AvgIpc) is 2.85. The molecule has 0 spiro atoms. The molecule has 92 valence electrons. The van der Waals surface area contributed by atoms with Crippen LogP contribution in [0.5, 0.6) is 5.75 Å². The van der Waals surface area contributed by atoms with Gasteiger partial charge in [0.2, 0.25) is 0 Å². The second kappa shape index (κ2) is 4.69. The third-order valence-corrected chi connectivity index (χ3v) is 3.34. The molecule has 0 saturated carbocycles. The summed E-state index contributed by atoms with van der Waals surface area (Å²) in [5, 5.41) is 12.5. The molecule has 2 N–H and O–H groups in total. The lowest BCUT2D eigenvalue weighted by atomic mass is 10.2. The number of anilines is 1. The van der Waals surface area contributed by atoms with E-state index >= 15 is 0 Å². The van der Waals surface area contributed by atoms with Crippen molar-refractivity contribution >= 4 is 5.82 Å². The Morgan fingerprint density at radius 2 is 1.89 bits per heavy atom. The molecule has 0 unspecified atom stereocenters. The highest BCUT2D eigenvalue weighted by Gasteiger charge is 2.12. The second-order valence-electron chi connectivity index (χ2n) is 4.68. The third kappa shape index (κ3) is 2.30. The lowest BCUT2D eigenvalue weighted by Gasteiger charge is -2.07. The molecule has 2 aromatic rings. The summed E-state index contributed by atoms with van der Waals surface area (Å²) in [5.41, 5.74) is 3.77. The lowest BCUT2D eigenvalue weighted by molar-refractivity contribution is 0.475. The SMILES string of the molecule is Oc1ccc(CNc2ccc3c(n2)CCC3)cc1. The fourth-order valence-corrected chi connectivity index (χ4v) is 2.33. The molecule has 1 aromatic heterocycles. The van der Waals surface area contributed by atoms with Crippen molar-refractivity contribution in [1.29, 1.82) is 0 Å². The lowest BCUT2D eigenvalue weighted by Crippen LogP contribution is -2.02. The fraction of sp³-hybridized carbons (Fsp3) is 0.267. The smallest absolute Gasteiger partial charge is 0.126 e.